The molecule has 2 aliphatic rings. The van der Waals surface area contributed by atoms with Crippen molar-refractivity contribution in [1.29, 1.82) is 0 Å². The van der Waals surface area contributed by atoms with Gasteiger partial charge in [0.1, 0.15) is 5.50 Å². The van der Waals surface area contributed by atoms with Crippen LogP contribution in [-0.2, 0) is 16.1 Å². The Morgan fingerprint density at radius 1 is 1.14 bits per heavy atom. The van der Waals surface area contributed by atoms with Crippen LogP contribution in [0.3, 0.4) is 0 Å². The van der Waals surface area contributed by atoms with Gasteiger partial charge < -0.3 is 20.1 Å². The topological polar surface area (TPSA) is 88.7 Å². The fraction of sp³-hybridized carbons (Fsp3) is 0.300. The van der Waals surface area contributed by atoms with Gasteiger partial charge in [-0.1, -0.05) is 36.4 Å². The van der Waals surface area contributed by atoms with Crippen LogP contribution in [0, 0.1) is 0 Å². The van der Waals surface area contributed by atoms with Crippen molar-refractivity contribution >= 4 is 23.6 Å². The summed E-state index contributed by atoms with van der Waals surface area (Å²) in [6, 6.07) is 15.4. The first-order chi connectivity index (χ1) is 13.7. The number of hydrogen-bond acceptors (Lipinski definition) is 6. The smallest absolute Gasteiger partial charge is 0.231 e. The third-order valence-electron chi connectivity index (χ3n) is 4.54. The Balaban J connectivity index is 1.25. The summed E-state index contributed by atoms with van der Waals surface area (Å²) in [6.45, 7) is 0.638. The Hall–Kier alpha value is -2.71. The first-order valence-electron chi connectivity index (χ1n) is 9.04. The van der Waals surface area contributed by atoms with Crippen LogP contribution < -0.4 is 25.4 Å². The molecule has 8 heteroatoms. The van der Waals surface area contributed by atoms with E-state index in [9.17, 15) is 9.59 Å². The van der Waals surface area contributed by atoms with Crippen LogP contribution in [0.15, 0.2) is 48.5 Å². The number of hydrogen-bond donors (Lipinski definition) is 3. The summed E-state index contributed by atoms with van der Waals surface area (Å²) in [5.41, 5.74) is 1.70. The number of carbonyl (C=O) groups is 2. The first-order valence-corrected chi connectivity index (χ1v) is 10.1. The zero-order chi connectivity index (χ0) is 19.3. The second-order valence-electron chi connectivity index (χ2n) is 6.56. The van der Waals surface area contributed by atoms with Crippen molar-refractivity contribution in [2.75, 3.05) is 12.5 Å². The number of carbonyl (C=O) groups excluding carboxylic acids is 2. The van der Waals surface area contributed by atoms with E-state index in [1.54, 1.807) is 0 Å². The lowest BCUT2D eigenvalue weighted by atomic mass is 10.0. The van der Waals surface area contributed by atoms with Crippen molar-refractivity contribution in [2.24, 2.45) is 0 Å². The summed E-state index contributed by atoms with van der Waals surface area (Å²) < 4.78 is 10.6. The number of benzene rings is 2. The summed E-state index contributed by atoms with van der Waals surface area (Å²) in [5, 5.41) is 9.14. The van der Waals surface area contributed by atoms with E-state index in [0.717, 1.165) is 16.9 Å². The minimum atomic E-state index is -0.303. The fourth-order valence-electron chi connectivity index (χ4n) is 3.12. The van der Waals surface area contributed by atoms with Crippen molar-refractivity contribution in [3.63, 3.8) is 0 Å². The number of thioether (sulfide) groups is 1. The lowest BCUT2D eigenvalue weighted by Gasteiger charge is -2.31. The largest absolute Gasteiger partial charge is 0.454 e. The van der Waals surface area contributed by atoms with Gasteiger partial charge in [-0.15, -0.1) is 11.8 Å². The van der Waals surface area contributed by atoms with Gasteiger partial charge in [-0.05, 0) is 23.3 Å². The lowest BCUT2D eigenvalue weighted by Crippen LogP contribution is -2.51. The highest BCUT2D eigenvalue weighted by molar-refractivity contribution is 8.00. The van der Waals surface area contributed by atoms with Gasteiger partial charge in [0.25, 0.3) is 0 Å². The molecule has 2 heterocycles. The Bertz CT molecular complexity index is 862. The van der Waals surface area contributed by atoms with E-state index >= 15 is 0 Å². The molecular weight excluding hydrogens is 378 g/mol. The number of nitrogens with one attached hydrogen (secondary N) is 3. The van der Waals surface area contributed by atoms with Gasteiger partial charge in [0.2, 0.25) is 18.6 Å². The van der Waals surface area contributed by atoms with E-state index in [-0.39, 0.29) is 35.9 Å². The van der Waals surface area contributed by atoms with Gasteiger partial charge in [-0.3, -0.25) is 14.9 Å². The van der Waals surface area contributed by atoms with E-state index in [0.29, 0.717) is 18.7 Å². The van der Waals surface area contributed by atoms with E-state index in [1.807, 2.05) is 48.5 Å². The third-order valence-corrected chi connectivity index (χ3v) is 5.56. The molecule has 0 aromatic heterocycles. The SMILES string of the molecule is O=C(CSC1NC(=O)CC(c2ccccc2)N1)NCc1ccc2c(c1)OCO2. The molecule has 146 valence electrons. The molecule has 0 aliphatic carbocycles. The van der Waals surface area contributed by atoms with Crippen molar-refractivity contribution in [3.8, 4) is 11.5 Å². The Morgan fingerprint density at radius 2 is 1.96 bits per heavy atom. The number of ether oxygens (including phenoxy) is 2. The quantitative estimate of drug-likeness (QED) is 0.688. The van der Waals surface area contributed by atoms with Crippen LogP contribution in [0.4, 0.5) is 0 Å². The summed E-state index contributed by atoms with van der Waals surface area (Å²) >= 11 is 1.36. The zero-order valence-electron chi connectivity index (χ0n) is 15.1. The van der Waals surface area contributed by atoms with Gasteiger partial charge in [0.15, 0.2) is 11.5 Å². The standard InChI is InChI=1S/C20H21N3O4S/c24-18-9-15(14-4-2-1-3-5-14)22-20(23-18)28-11-19(25)21-10-13-6-7-16-17(8-13)27-12-26-16/h1-8,15,20,22H,9-12H2,(H,21,25)(H,23,24). The number of fused-ring (bicyclic) bond motifs is 1. The minimum Gasteiger partial charge on any atom is -0.454 e. The van der Waals surface area contributed by atoms with Crippen LogP contribution >= 0.6 is 11.8 Å². The van der Waals surface area contributed by atoms with Crippen LogP contribution in [0.2, 0.25) is 0 Å². The first kappa shape index (κ1) is 18.6. The van der Waals surface area contributed by atoms with Gasteiger partial charge in [0.05, 0.1) is 5.75 Å². The normalized spacial score (nSPS) is 20.5. The molecule has 0 saturated carbocycles. The Kier molecular flexibility index (Phi) is 5.68. The predicted molar refractivity (Wildman–Crippen MR) is 106 cm³/mol. The van der Waals surface area contributed by atoms with E-state index < -0.39 is 0 Å². The fourth-order valence-corrected chi connectivity index (χ4v) is 4.02. The van der Waals surface area contributed by atoms with Crippen LogP contribution in [0.25, 0.3) is 0 Å². The maximum Gasteiger partial charge on any atom is 0.231 e. The number of amides is 2. The molecule has 0 spiro atoms. The molecule has 1 fully saturated rings. The van der Waals surface area contributed by atoms with Gasteiger partial charge in [-0.25, -0.2) is 0 Å². The molecule has 2 aliphatic heterocycles. The van der Waals surface area contributed by atoms with E-state index in [2.05, 4.69) is 16.0 Å². The predicted octanol–water partition coefficient (Wildman–Crippen LogP) is 1.90. The molecule has 28 heavy (non-hydrogen) atoms. The second kappa shape index (κ2) is 8.53. The minimum absolute atomic E-state index is 0.0223. The van der Waals surface area contributed by atoms with Crippen molar-refractivity contribution in [2.45, 2.75) is 24.5 Å². The molecule has 2 amide bonds. The zero-order valence-corrected chi connectivity index (χ0v) is 16.0. The highest BCUT2D eigenvalue weighted by atomic mass is 32.2. The Morgan fingerprint density at radius 3 is 2.82 bits per heavy atom. The molecule has 2 unspecified atom stereocenters. The average Bonchev–Trinajstić information content (AvgIpc) is 3.19. The van der Waals surface area contributed by atoms with Gasteiger partial charge in [-0.2, -0.15) is 0 Å². The molecule has 3 N–H and O–H groups in total. The van der Waals surface area contributed by atoms with Crippen molar-refractivity contribution in [3.05, 3.63) is 59.7 Å². The molecule has 2 aromatic rings. The number of rotatable bonds is 6. The molecular formula is C20H21N3O4S. The van der Waals surface area contributed by atoms with E-state index in [1.165, 1.54) is 11.8 Å². The maximum absolute atomic E-state index is 12.2. The van der Waals surface area contributed by atoms with Crippen LogP contribution in [0.5, 0.6) is 11.5 Å². The highest BCUT2D eigenvalue weighted by Gasteiger charge is 2.27. The van der Waals surface area contributed by atoms with Crippen molar-refractivity contribution < 1.29 is 19.1 Å². The average molecular weight is 399 g/mol. The van der Waals surface area contributed by atoms with E-state index in [4.69, 9.17) is 9.47 Å². The molecule has 1 saturated heterocycles. The summed E-state index contributed by atoms with van der Waals surface area (Å²) in [7, 11) is 0. The van der Waals surface area contributed by atoms with Crippen molar-refractivity contribution in [1.82, 2.24) is 16.0 Å². The van der Waals surface area contributed by atoms with Gasteiger partial charge in [0, 0.05) is 19.0 Å². The third kappa shape index (κ3) is 4.58. The Labute approximate surface area is 167 Å². The molecule has 7 nitrogen and oxygen atoms in total. The molecule has 0 bridgehead atoms. The summed E-state index contributed by atoms with van der Waals surface area (Å²) in [4.78, 5) is 24.2. The molecule has 4 rings (SSSR count). The van der Waals surface area contributed by atoms with Gasteiger partial charge >= 0.3 is 0 Å². The molecule has 2 atom stereocenters. The highest BCUT2D eigenvalue weighted by Crippen LogP contribution is 2.32. The van der Waals surface area contributed by atoms with Crippen LogP contribution in [0.1, 0.15) is 23.6 Å². The monoisotopic (exact) mass is 399 g/mol. The van der Waals surface area contributed by atoms with Crippen LogP contribution in [-0.4, -0.2) is 29.9 Å². The second-order valence-corrected chi connectivity index (χ2v) is 7.65. The molecule has 0 radical (unpaired) electrons. The summed E-state index contributed by atoms with van der Waals surface area (Å²) in [6.07, 6.45) is 0.386. The lowest BCUT2D eigenvalue weighted by molar-refractivity contribution is -0.123. The summed E-state index contributed by atoms with van der Waals surface area (Å²) in [5.74, 6) is 1.54. The molecule has 2 aromatic carbocycles. The maximum atomic E-state index is 12.2.